The number of carbonyl (C=O) groups excluding carboxylic acids is 1. The van der Waals surface area contributed by atoms with E-state index in [1.54, 1.807) is 4.68 Å². The van der Waals surface area contributed by atoms with Gasteiger partial charge in [-0.2, -0.15) is 5.10 Å². The van der Waals surface area contributed by atoms with Gasteiger partial charge in [-0.05, 0) is 44.9 Å². The normalized spacial score (nSPS) is 19.1. The van der Waals surface area contributed by atoms with Crippen molar-refractivity contribution in [1.29, 1.82) is 0 Å². The molecule has 4 rings (SSSR count). The summed E-state index contributed by atoms with van der Waals surface area (Å²) in [4.78, 5) is 16.9. The van der Waals surface area contributed by atoms with E-state index < -0.39 is 10.0 Å². The Balaban J connectivity index is 1.31. The molecule has 10 nitrogen and oxygen atoms in total. The molecule has 0 saturated carbocycles. The van der Waals surface area contributed by atoms with Crippen molar-refractivity contribution in [3.8, 4) is 5.82 Å². The average molecular weight is 448 g/mol. The van der Waals surface area contributed by atoms with Gasteiger partial charge in [-0.1, -0.05) is 0 Å². The molecule has 0 aliphatic carbocycles. The van der Waals surface area contributed by atoms with Gasteiger partial charge in [-0.25, -0.2) is 17.4 Å². The second-order valence-electron chi connectivity index (χ2n) is 8.34. The number of sulfonamides is 1. The molecule has 0 bridgehead atoms. The molecule has 2 saturated heterocycles. The van der Waals surface area contributed by atoms with Crippen LogP contribution in [0.5, 0.6) is 0 Å². The third-order valence-corrected chi connectivity index (χ3v) is 7.35. The Morgan fingerprint density at radius 2 is 1.58 bits per heavy atom. The van der Waals surface area contributed by atoms with Crippen molar-refractivity contribution in [2.75, 3.05) is 50.4 Å². The maximum atomic E-state index is 12.9. The monoisotopic (exact) mass is 447 g/mol. The standard InChI is InChI=1S/C20H29N7O3S/c1-15-14-16(2)27(23-15)19-5-4-18(21-22-19)24-10-12-25(13-11-24)20(28)17-6-8-26(9-7-17)31(3,29)30/h4-5,14,17H,6-13H2,1-3H3. The van der Waals surface area contributed by atoms with E-state index in [0.29, 0.717) is 57.9 Å². The van der Waals surface area contributed by atoms with E-state index in [1.165, 1.54) is 10.6 Å². The van der Waals surface area contributed by atoms with E-state index in [0.717, 1.165) is 17.2 Å². The topological polar surface area (TPSA) is 105 Å². The zero-order valence-corrected chi connectivity index (χ0v) is 19.0. The third-order valence-electron chi connectivity index (χ3n) is 6.05. The molecule has 2 aliphatic rings. The smallest absolute Gasteiger partial charge is 0.225 e. The largest absolute Gasteiger partial charge is 0.352 e. The molecule has 0 N–H and O–H groups in total. The summed E-state index contributed by atoms with van der Waals surface area (Å²) in [5, 5.41) is 13.1. The molecule has 2 aromatic heterocycles. The lowest BCUT2D eigenvalue weighted by Crippen LogP contribution is -2.52. The van der Waals surface area contributed by atoms with Crippen LogP contribution in [0.25, 0.3) is 5.82 Å². The number of carbonyl (C=O) groups is 1. The number of aromatic nitrogens is 4. The average Bonchev–Trinajstić information content (AvgIpc) is 3.11. The van der Waals surface area contributed by atoms with Crippen molar-refractivity contribution in [3.63, 3.8) is 0 Å². The maximum absolute atomic E-state index is 12.9. The molecular formula is C20H29N7O3S. The van der Waals surface area contributed by atoms with E-state index in [2.05, 4.69) is 20.2 Å². The molecule has 2 aromatic rings. The molecule has 0 unspecified atom stereocenters. The maximum Gasteiger partial charge on any atom is 0.225 e. The minimum atomic E-state index is -3.18. The van der Waals surface area contributed by atoms with Crippen molar-refractivity contribution in [2.24, 2.45) is 5.92 Å². The minimum absolute atomic E-state index is 0.0932. The van der Waals surface area contributed by atoms with Crippen LogP contribution in [0.4, 0.5) is 5.82 Å². The fourth-order valence-corrected chi connectivity index (χ4v) is 5.18. The number of piperazine rings is 1. The van der Waals surface area contributed by atoms with Gasteiger partial charge in [-0.15, -0.1) is 10.2 Å². The first kappa shape index (κ1) is 21.7. The summed E-state index contributed by atoms with van der Waals surface area (Å²) in [7, 11) is -3.18. The highest BCUT2D eigenvalue weighted by atomic mass is 32.2. The third kappa shape index (κ3) is 4.72. The van der Waals surface area contributed by atoms with Gasteiger partial charge in [0, 0.05) is 50.9 Å². The summed E-state index contributed by atoms with van der Waals surface area (Å²) >= 11 is 0. The Kier molecular flexibility index (Phi) is 5.98. The van der Waals surface area contributed by atoms with Crippen molar-refractivity contribution in [2.45, 2.75) is 26.7 Å². The summed E-state index contributed by atoms with van der Waals surface area (Å²) in [6.45, 7) is 7.43. The van der Waals surface area contributed by atoms with E-state index in [-0.39, 0.29) is 11.8 Å². The van der Waals surface area contributed by atoms with Crippen molar-refractivity contribution < 1.29 is 13.2 Å². The first-order valence-electron chi connectivity index (χ1n) is 10.6. The van der Waals surface area contributed by atoms with Crippen LogP contribution in [0.15, 0.2) is 18.2 Å². The van der Waals surface area contributed by atoms with Gasteiger partial charge in [0.15, 0.2) is 11.6 Å². The highest BCUT2D eigenvalue weighted by Crippen LogP contribution is 2.23. The van der Waals surface area contributed by atoms with Gasteiger partial charge < -0.3 is 9.80 Å². The number of nitrogens with zero attached hydrogens (tertiary/aromatic N) is 7. The van der Waals surface area contributed by atoms with Crippen LogP contribution in [0.3, 0.4) is 0 Å². The molecular weight excluding hydrogens is 418 g/mol. The first-order chi connectivity index (χ1) is 14.7. The highest BCUT2D eigenvalue weighted by Gasteiger charge is 2.32. The molecule has 4 heterocycles. The van der Waals surface area contributed by atoms with Crippen LogP contribution < -0.4 is 4.90 Å². The molecule has 2 aliphatic heterocycles. The zero-order valence-electron chi connectivity index (χ0n) is 18.2. The molecule has 1 amide bonds. The van der Waals surface area contributed by atoms with Crippen LogP contribution in [-0.4, -0.2) is 89.0 Å². The summed E-state index contributed by atoms with van der Waals surface area (Å²) in [5.74, 6) is 1.52. The van der Waals surface area contributed by atoms with Crippen LogP contribution in [0.2, 0.25) is 0 Å². The Morgan fingerprint density at radius 3 is 2.10 bits per heavy atom. The zero-order chi connectivity index (χ0) is 22.2. The first-order valence-corrected chi connectivity index (χ1v) is 12.4. The SMILES string of the molecule is Cc1cc(C)n(-c2ccc(N3CCN(C(=O)C4CCN(S(C)(=O)=O)CC4)CC3)nn2)n1. The van der Waals surface area contributed by atoms with E-state index in [1.807, 2.05) is 36.9 Å². The number of hydrogen-bond acceptors (Lipinski definition) is 7. The van der Waals surface area contributed by atoms with Crippen LogP contribution >= 0.6 is 0 Å². The van der Waals surface area contributed by atoms with E-state index >= 15 is 0 Å². The van der Waals surface area contributed by atoms with Gasteiger partial charge in [-0.3, -0.25) is 4.79 Å². The molecule has 0 aromatic carbocycles. The summed E-state index contributed by atoms with van der Waals surface area (Å²) in [5.41, 5.74) is 1.94. The predicted molar refractivity (Wildman–Crippen MR) is 117 cm³/mol. The quantitative estimate of drug-likeness (QED) is 0.676. The van der Waals surface area contributed by atoms with Crippen molar-refractivity contribution in [3.05, 3.63) is 29.6 Å². The number of amides is 1. The van der Waals surface area contributed by atoms with E-state index in [9.17, 15) is 13.2 Å². The lowest BCUT2D eigenvalue weighted by molar-refractivity contribution is -0.137. The van der Waals surface area contributed by atoms with Gasteiger partial charge in [0.1, 0.15) is 0 Å². The van der Waals surface area contributed by atoms with Crippen molar-refractivity contribution in [1.82, 2.24) is 29.2 Å². The highest BCUT2D eigenvalue weighted by molar-refractivity contribution is 7.88. The second-order valence-corrected chi connectivity index (χ2v) is 10.3. The summed E-state index contributed by atoms with van der Waals surface area (Å²) < 4.78 is 26.6. The molecule has 31 heavy (non-hydrogen) atoms. The van der Waals surface area contributed by atoms with E-state index in [4.69, 9.17) is 0 Å². The second kappa shape index (κ2) is 8.54. The Morgan fingerprint density at radius 1 is 0.968 bits per heavy atom. The molecule has 168 valence electrons. The Labute approximate surface area is 182 Å². The van der Waals surface area contributed by atoms with Crippen LogP contribution in [-0.2, 0) is 14.8 Å². The number of hydrogen-bond donors (Lipinski definition) is 0. The molecule has 11 heteroatoms. The lowest BCUT2D eigenvalue weighted by atomic mass is 9.96. The number of anilines is 1. The fourth-order valence-electron chi connectivity index (χ4n) is 4.31. The fraction of sp³-hybridized carbons (Fsp3) is 0.600. The Bertz CT molecular complexity index is 1040. The van der Waals surface area contributed by atoms with Crippen LogP contribution in [0, 0.1) is 19.8 Å². The molecule has 2 fully saturated rings. The number of piperidine rings is 1. The summed E-state index contributed by atoms with van der Waals surface area (Å²) in [6.07, 6.45) is 2.40. The van der Waals surface area contributed by atoms with Gasteiger partial charge in [0.2, 0.25) is 15.9 Å². The molecule has 0 radical (unpaired) electrons. The molecule has 0 spiro atoms. The van der Waals surface area contributed by atoms with Crippen LogP contribution in [0.1, 0.15) is 24.2 Å². The lowest BCUT2D eigenvalue weighted by Gasteiger charge is -2.38. The van der Waals surface area contributed by atoms with Gasteiger partial charge >= 0.3 is 0 Å². The molecule has 0 atom stereocenters. The summed E-state index contributed by atoms with van der Waals surface area (Å²) in [6, 6.07) is 5.85. The van der Waals surface area contributed by atoms with Gasteiger partial charge in [0.25, 0.3) is 0 Å². The van der Waals surface area contributed by atoms with Crippen molar-refractivity contribution >= 4 is 21.7 Å². The van der Waals surface area contributed by atoms with Gasteiger partial charge in [0.05, 0.1) is 11.9 Å². The number of aryl methyl sites for hydroxylation is 2. The Hall–Kier alpha value is -2.53. The number of rotatable bonds is 4. The predicted octanol–water partition coefficient (Wildman–Crippen LogP) is 0.599. The minimum Gasteiger partial charge on any atom is -0.352 e.